The van der Waals surface area contributed by atoms with Gasteiger partial charge in [0.25, 0.3) is 0 Å². The Morgan fingerprint density at radius 1 is 1.07 bits per heavy atom. The summed E-state index contributed by atoms with van der Waals surface area (Å²) < 4.78 is 0. The molecule has 1 fully saturated rings. The van der Waals surface area contributed by atoms with Crippen LogP contribution in [0.25, 0.3) is 22.2 Å². The summed E-state index contributed by atoms with van der Waals surface area (Å²) in [5.41, 5.74) is 6.06. The van der Waals surface area contributed by atoms with Crippen molar-refractivity contribution >= 4 is 22.5 Å². The maximum atomic E-state index is 10.4. The van der Waals surface area contributed by atoms with E-state index in [1.165, 1.54) is 22.9 Å². The highest BCUT2D eigenvalue weighted by atomic mass is 35.5. The Morgan fingerprint density at radius 2 is 1.83 bits per heavy atom. The SMILES string of the molecule is OC[C@]1(O)CCN(Cc2cc3cc4c(cc3nc2-c2ccc(Cl)cc2)CCC4)C1. The number of nitrogens with zero attached hydrogens (tertiary/aromatic N) is 2. The van der Waals surface area contributed by atoms with Crippen molar-refractivity contribution in [2.24, 2.45) is 0 Å². The smallest absolute Gasteiger partial charge is 0.102 e. The second-order valence-corrected chi connectivity index (χ2v) is 8.95. The van der Waals surface area contributed by atoms with E-state index in [4.69, 9.17) is 16.6 Å². The van der Waals surface area contributed by atoms with Crippen LogP contribution in [-0.4, -0.2) is 45.4 Å². The Bertz CT molecular complexity index is 1070. The van der Waals surface area contributed by atoms with E-state index in [0.717, 1.165) is 41.7 Å². The van der Waals surface area contributed by atoms with Crippen LogP contribution in [0.2, 0.25) is 5.02 Å². The molecule has 2 heterocycles. The summed E-state index contributed by atoms with van der Waals surface area (Å²) in [6.45, 7) is 1.74. The number of aliphatic hydroxyl groups is 2. The van der Waals surface area contributed by atoms with Gasteiger partial charge in [-0.2, -0.15) is 0 Å². The highest BCUT2D eigenvalue weighted by Gasteiger charge is 2.35. The summed E-state index contributed by atoms with van der Waals surface area (Å²) in [6.07, 6.45) is 4.10. The van der Waals surface area contributed by atoms with Gasteiger partial charge in [0.05, 0.1) is 17.8 Å². The zero-order chi connectivity index (χ0) is 20.0. The molecular weight excluding hydrogens is 384 g/mol. The zero-order valence-corrected chi connectivity index (χ0v) is 17.1. The van der Waals surface area contributed by atoms with Crippen LogP contribution >= 0.6 is 11.6 Å². The Morgan fingerprint density at radius 3 is 2.55 bits per heavy atom. The first-order chi connectivity index (χ1) is 14.0. The van der Waals surface area contributed by atoms with Crippen molar-refractivity contribution in [1.29, 1.82) is 0 Å². The first-order valence-corrected chi connectivity index (χ1v) is 10.7. The molecule has 1 aromatic heterocycles. The summed E-state index contributed by atoms with van der Waals surface area (Å²) in [4.78, 5) is 7.27. The normalized spacial score (nSPS) is 21.8. The zero-order valence-electron chi connectivity index (χ0n) is 16.4. The minimum atomic E-state index is -0.995. The van der Waals surface area contributed by atoms with Crippen molar-refractivity contribution in [1.82, 2.24) is 9.88 Å². The predicted molar refractivity (Wildman–Crippen MR) is 116 cm³/mol. The van der Waals surface area contributed by atoms with Gasteiger partial charge < -0.3 is 10.2 Å². The van der Waals surface area contributed by atoms with E-state index in [-0.39, 0.29) is 6.61 Å². The van der Waals surface area contributed by atoms with Crippen molar-refractivity contribution in [2.75, 3.05) is 19.7 Å². The maximum absolute atomic E-state index is 10.4. The molecule has 2 aromatic carbocycles. The molecule has 0 spiro atoms. The lowest BCUT2D eigenvalue weighted by molar-refractivity contribution is -0.00579. The molecule has 150 valence electrons. The number of rotatable bonds is 4. The number of halogens is 1. The summed E-state index contributed by atoms with van der Waals surface area (Å²) in [5.74, 6) is 0. The fourth-order valence-electron chi connectivity index (χ4n) is 4.71. The minimum Gasteiger partial charge on any atom is -0.393 e. The number of aliphatic hydroxyl groups excluding tert-OH is 1. The van der Waals surface area contributed by atoms with Gasteiger partial charge in [-0.1, -0.05) is 23.7 Å². The third-order valence-electron chi connectivity index (χ3n) is 6.32. The number of fused-ring (bicyclic) bond motifs is 2. The molecule has 2 N–H and O–H groups in total. The van der Waals surface area contributed by atoms with E-state index in [0.29, 0.717) is 24.5 Å². The topological polar surface area (TPSA) is 56.6 Å². The summed E-state index contributed by atoms with van der Waals surface area (Å²) in [7, 11) is 0. The van der Waals surface area contributed by atoms with Gasteiger partial charge in [0.2, 0.25) is 0 Å². The number of pyridine rings is 1. The van der Waals surface area contributed by atoms with E-state index in [1.54, 1.807) is 0 Å². The first-order valence-electron chi connectivity index (χ1n) is 10.3. The Hall–Kier alpha value is -1.98. The second-order valence-electron chi connectivity index (χ2n) is 8.51. The second kappa shape index (κ2) is 7.37. The van der Waals surface area contributed by atoms with Gasteiger partial charge in [-0.05, 0) is 72.7 Å². The van der Waals surface area contributed by atoms with Crippen molar-refractivity contribution < 1.29 is 10.2 Å². The molecule has 1 aliphatic carbocycles. The monoisotopic (exact) mass is 408 g/mol. The lowest BCUT2D eigenvalue weighted by Crippen LogP contribution is -2.36. The third-order valence-corrected chi connectivity index (χ3v) is 6.58. The number of aryl methyl sites for hydroxylation is 2. The average molecular weight is 409 g/mol. The quantitative estimate of drug-likeness (QED) is 0.685. The lowest BCUT2D eigenvalue weighted by atomic mass is 10.00. The van der Waals surface area contributed by atoms with Crippen LogP contribution < -0.4 is 0 Å². The van der Waals surface area contributed by atoms with Gasteiger partial charge in [0.15, 0.2) is 0 Å². The average Bonchev–Trinajstić information content (AvgIpc) is 3.33. The van der Waals surface area contributed by atoms with Gasteiger partial charge in [-0.3, -0.25) is 4.90 Å². The largest absolute Gasteiger partial charge is 0.393 e. The number of β-amino-alcohol motifs (C(OH)–C–C–N with tert-alkyl or cyclic N) is 1. The third kappa shape index (κ3) is 3.66. The van der Waals surface area contributed by atoms with Crippen LogP contribution in [0.15, 0.2) is 42.5 Å². The minimum absolute atomic E-state index is 0.199. The van der Waals surface area contributed by atoms with E-state index in [2.05, 4.69) is 23.1 Å². The molecule has 2 aliphatic rings. The first kappa shape index (κ1) is 19.0. The van der Waals surface area contributed by atoms with Gasteiger partial charge in [-0.25, -0.2) is 4.98 Å². The van der Waals surface area contributed by atoms with Crippen molar-refractivity contribution in [2.45, 2.75) is 37.8 Å². The van der Waals surface area contributed by atoms with Crippen molar-refractivity contribution in [3.8, 4) is 11.3 Å². The molecular formula is C24H25ClN2O2. The fraction of sp³-hybridized carbons (Fsp3) is 0.375. The Labute approximate surface area is 175 Å². The number of hydrogen-bond acceptors (Lipinski definition) is 4. The highest BCUT2D eigenvalue weighted by molar-refractivity contribution is 6.30. The molecule has 1 saturated heterocycles. The molecule has 4 nitrogen and oxygen atoms in total. The molecule has 1 aliphatic heterocycles. The molecule has 0 radical (unpaired) electrons. The van der Waals surface area contributed by atoms with Crippen LogP contribution in [0.3, 0.4) is 0 Å². The number of likely N-dealkylation sites (tertiary alicyclic amines) is 1. The summed E-state index contributed by atoms with van der Waals surface area (Å²) in [5, 5.41) is 21.8. The van der Waals surface area contributed by atoms with Crippen LogP contribution in [-0.2, 0) is 19.4 Å². The lowest BCUT2D eigenvalue weighted by Gasteiger charge is -2.22. The van der Waals surface area contributed by atoms with Gasteiger partial charge >= 0.3 is 0 Å². The molecule has 0 saturated carbocycles. The molecule has 1 atom stereocenters. The van der Waals surface area contributed by atoms with Gasteiger partial charge in [0.1, 0.15) is 5.60 Å². The standard InChI is InChI=1S/C24H25ClN2O2/c25-21-6-4-16(5-7-21)23-20(13-27-9-8-24(29,14-27)15-28)11-19-10-17-2-1-3-18(17)12-22(19)26-23/h4-7,10-12,28-29H,1-3,8-9,13-15H2/t24-/m0/s1. The molecule has 0 amide bonds. The molecule has 0 unspecified atom stereocenters. The number of benzene rings is 2. The molecule has 3 aromatic rings. The van der Waals surface area contributed by atoms with E-state index in [9.17, 15) is 10.2 Å². The molecule has 0 bridgehead atoms. The van der Waals surface area contributed by atoms with Crippen LogP contribution in [0.5, 0.6) is 0 Å². The molecule has 29 heavy (non-hydrogen) atoms. The van der Waals surface area contributed by atoms with Crippen molar-refractivity contribution in [3.63, 3.8) is 0 Å². The van der Waals surface area contributed by atoms with E-state index in [1.807, 2.05) is 24.3 Å². The maximum Gasteiger partial charge on any atom is 0.102 e. The van der Waals surface area contributed by atoms with Gasteiger partial charge in [-0.15, -0.1) is 0 Å². The summed E-state index contributed by atoms with van der Waals surface area (Å²) >= 11 is 6.10. The van der Waals surface area contributed by atoms with Crippen LogP contribution in [0.1, 0.15) is 29.5 Å². The number of aromatic nitrogens is 1. The summed E-state index contributed by atoms with van der Waals surface area (Å²) in [6, 6.07) is 14.6. The van der Waals surface area contributed by atoms with Crippen LogP contribution in [0, 0.1) is 0 Å². The van der Waals surface area contributed by atoms with Crippen molar-refractivity contribution in [3.05, 3.63) is 64.2 Å². The van der Waals surface area contributed by atoms with Crippen LogP contribution in [0.4, 0.5) is 0 Å². The van der Waals surface area contributed by atoms with E-state index < -0.39 is 5.60 Å². The number of hydrogen-bond donors (Lipinski definition) is 2. The van der Waals surface area contributed by atoms with Gasteiger partial charge in [0, 0.05) is 35.6 Å². The van der Waals surface area contributed by atoms with E-state index >= 15 is 0 Å². The Balaban J connectivity index is 1.58. The highest BCUT2D eigenvalue weighted by Crippen LogP contribution is 2.33. The molecule has 5 rings (SSSR count). The Kier molecular flexibility index (Phi) is 4.83. The molecule has 5 heteroatoms. The predicted octanol–water partition coefficient (Wildman–Crippen LogP) is 3.97. The fourth-order valence-corrected chi connectivity index (χ4v) is 4.84.